The number of nitrogens with zero attached hydrogens (tertiary/aromatic N) is 3. The van der Waals surface area contributed by atoms with Crippen LogP contribution in [-0.2, 0) is 4.74 Å². The molecule has 4 nitrogen and oxygen atoms in total. The molecule has 0 unspecified atom stereocenters. The van der Waals surface area contributed by atoms with Crippen molar-refractivity contribution in [1.82, 2.24) is 14.7 Å². The van der Waals surface area contributed by atoms with Crippen LogP contribution in [0.4, 0.5) is 0 Å². The maximum Gasteiger partial charge on any atom is 0.0714 e. The van der Waals surface area contributed by atoms with Crippen molar-refractivity contribution in [3.05, 3.63) is 0 Å². The second-order valence-electron chi connectivity index (χ2n) is 8.90. The zero-order chi connectivity index (χ0) is 16.4. The molecule has 0 radical (unpaired) electrons. The SMILES string of the molecule is CC(C)(C)N1CCO[C@@H](CN2CCN(C(C)(C)C)CC2)CC1. The molecule has 2 saturated heterocycles. The fourth-order valence-corrected chi connectivity index (χ4v) is 3.53. The van der Waals surface area contributed by atoms with E-state index in [1.54, 1.807) is 0 Å². The minimum absolute atomic E-state index is 0.261. The zero-order valence-electron chi connectivity index (χ0n) is 15.7. The molecule has 0 N–H and O–H groups in total. The fraction of sp³-hybridized carbons (Fsp3) is 1.00. The van der Waals surface area contributed by atoms with E-state index >= 15 is 0 Å². The zero-order valence-corrected chi connectivity index (χ0v) is 15.7. The van der Waals surface area contributed by atoms with Gasteiger partial charge in [-0.3, -0.25) is 14.7 Å². The number of hydrogen-bond acceptors (Lipinski definition) is 4. The smallest absolute Gasteiger partial charge is 0.0714 e. The van der Waals surface area contributed by atoms with Gasteiger partial charge in [-0.25, -0.2) is 0 Å². The Kier molecular flexibility index (Phi) is 5.92. The van der Waals surface area contributed by atoms with E-state index in [2.05, 4.69) is 56.2 Å². The van der Waals surface area contributed by atoms with Crippen LogP contribution in [0.3, 0.4) is 0 Å². The molecule has 0 aromatic heterocycles. The molecule has 0 aliphatic carbocycles. The highest BCUT2D eigenvalue weighted by Gasteiger charge is 2.29. The number of rotatable bonds is 2. The van der Waals surface area contributed by atoms with E-state index < -0.39 is 0 Å². The van der Waals surface area contributed by atoms with Gasteiger partial charge in [-0.1, -0.05) is 0 Å². The van der Waals surface area contributed by atoms with Crippen LogP contribution in [0.5, 0.6) is 0 Å². The number of ether oxygens (including phenoxy) is 1. The molecule has 0 bridgehead atoms. The van der Waals surface area contributed by atoms with Gasteiger partial charge in [-0.05, 0) is 48.0 Å². The third-order valence-corrected chi connectivity index (χ3v) is 5.17. The van der Waals surface area contributed by atoms with Gasteiger partial charge in [0.1, 0.15) is 0 Å². The van der Waals surface area contributed by atoms with E-state index in [9.17, 15) is 0 Å². The monoisotopic (exact) mass is 311 g/mol. The molecular formula is C18H37N3O. The van der Waals surface area contributed by atoms with Crippen LogP contribution in [0.25, 0.3) is 0 Å². The predicted octanol–water partition coefficient (Wildman–Crippen LogP) is 2.29. The average molecular weight is 312 g/mol. The van der Waals surface area contributed by atoms with Gasteiger partial charge in [0.15, 0.2) is 0 Å². The standard InChI is InChI=1S/C18H37N3O/c1-17(2,3)20-8-7-16(22-14-13-20)15-19-9-11-21(12-10-19)18(4,5)6/h16H,7-15H2,1-6H3/t16-/m1/s1. The third-order valence-electron chi connectivity index (χ3n) is 5.17. The van der Waals surface area contributed by atoms with Crippen molar-refractivity contribution in [2.45, 2.75) is 65.1 Å². The van der Waals surface area contributed by atoms with Crippen LogP contribution in [0.1, 0.15) is 48.0 Å². The van der Waals surface area contributed by atoms with Crippen molar-refractivity contribution >= 4 is 0 Å². The molecule has 2 rings (SSSR count). The van der Waals surface area contributed by atoms with Gasteiger partial charge in [0.2, 0.25) is 0 Å². The maximum atomic E-state index is 6.13. The van der Waals surface area contributed by atoms with Crippen LogP contribution < -0.4 is 0 Å². The minimum atomic E-state index is 0.261. The summed E-state index contributed by atoms with van der Waals surface area (Å²) in [5.74, 6) is 0. The first-order valence-electron chi connectivity index (χ1n) is 9.00. The highest BCUT2D eigenvalue weighted by atomic mass is 16.5. The molecule has 4 heteroatoms. The summed E-state index contributed by atoms with van der Waals surface area (Å²) < 4.78 is 6.13. The Morgan fingerprint density at radius 1 is 0.773 bits per heavy atom. The van der Waals surface area contributed by atoms with E-state index in [4.69, 9.17) is 4.74 Å². The molecule has 1 atom stereocenters. The van der Waals surface area contributed by atoms with Gasteiger partial charge in [0, 0.05) is 56.9 Å². The Hall–Kier alpha value is -0.160. The highest BCUT2D eigenvalue weighted by molar-refractivity contribution is 4.84. The molecule has 22 heavy (non-hydrogen) atoms. The molecular weight excluding hydrogens is 274 g/mol. The van der Waals surface area contributed by atoms with Crippen molar-refractivity contribution in [3.8, 4) is 0 Å². The van der Waals surface area contributed by atoms with Gasteiger partial charge >= 0.3 is 0 Å². The van der Waals surface area contributed by atoms with Crippen LogP contribution >= 0.6 is 0 Å². The molecule has 2 fully saturated rings. The normalized spacial score (nSPS) is 27.8. The molecule has 0 aromatic rings. The predicted molar refractivity (Wildman–Crippen MR) is 93.4 cm³/mol. The molecule has 2 heterocycles. The molecule has 0 spiro atoms. The lowest BCUT2D eigenvalue weighted by atomic mass is 10.0. The summed E-state index contributed by atoms with van der Waals surface area (Å²) in [5.41, 5.74) is 0.564. The second kappa shape index (κ2) is 7.16. The molecule has 2 aliphatic heterocycles. The van der Waals surface area contributed by atoms with Crippen molar-refractivity contribution in [1.29, 1.82) is 0 Å². The third kappa shape index (κ3) is 5.19. The average Bonchev–Trinajstić information content (AvgIpc) is 2.63. The topological polar surface area (TPSA) is 19.0 Å². The number of hydrogen-bond donors (Lipinski definition) is 0. The Bertz CT molecular complexity index is 337. The lowest BCUT2D eigenvalue weighted by Gasteiger charge is -2.42. The van der Waals surface area contributed by atoms with Gasteiger partial charge < -0.3 is 4.74 Å². The molecule has 0 amide bonds. The van der Waals surface area contributed by atoms with Gasteiger partial charge in [-0.2, -0.15) is 0 Å². The Labute approximate surface area is 137 Å². The minimum Gasteiger partial charge on any atom is -0.376 e. The molecule has 0 aromatic carbocycles. The van der Waals surface area contributed by atoms with Crippen molar-refractivity contribution in [3.63, 3.8) is 0 Å². The van der Waals surface area contributed by atoms with E-state index in [-0.39, 0.29) is 5.54 Å². The summed E-state index contributed by atoms with van der Waals surface area (Å²) in [6, 6.07) is 0. The number of piperazine rings is 1. The largest absolute Gasteiger partial charge is 0.376 e. The Morgan fingerprint density at radius 2 is 1.32 bits per heavy atom. The first-order chi connectivity index (χ1) is 10.2. The Balaban J connectivity index is 1.76. The van der Waals surface area contributed by atoms with Crippen molar-refractivity contribution in [2.24, 2.45) is 0 Å². The first-order valence-corrected chi connectivity index (χ1v) is 9.00. The van der Waals surface area contributed by atoms with Gasteiger partial charge in [0.25, 0.3) is 0 Å². The van der Waals surface area contributed by atoms with Crippen LogP contribution in [0.2, 0.25) is 0 Å². The summed E-state index contributed by atoms with van der Waals surface area (Å²) in [7, 11) is 0. The first kappa shape index (κ1) is 18.2. The highest BCUT2D eigenvalue weighted by Crippen LogP contribution is 2.19. The summed E-state index contributed by atoms with van der Waals surface area (Å²) in [6.07, 6.45) is 1.57. The van der Waals surface area contributed by atoms with E-state index in [0.717, 1.165) is 32.7 Å². The lowest BCUT2D eigenvalue weighted by molar-refractivity contribution is 0.00572. The summed E-state index contributed by atoms with van der Waals surface area (Å²) >= 11 is 0. The van der Waals surface area contributed by atoms with Crippen LogP contribution in [-0.4, -0.2) is 84.3 Å². The molecule has 130 valence electrons. The van der Waals surface area contributed by atoms with E-state index in [1.807, 2.05) is 0 Å². The summed E-state index contributed by atoms with van der Waals surface area (Å²) in [6.45, 7) is 22.8. The van der Waals surface area contributed by atoms with Crippen molar-refractivity contribution in [2.75, 3.05) is 52.4 Å². The molecule has 2 aliphatic rings. The van der Waals surface area contributed by atoms with E-state index in [0.29, 0.717) is 11.6 Å². The van der Waals surface area contributed by atoms with E-state index in [1.165, 1.54) is 26.2 Å². The van der Waals surface area contributed by atoms with Gasteiger partial charge in [-0.15, -0.1) is 0 Å². The quantitative estimate of drug-likeness (QED) is 0.779. The summed E-state index contributed by atoms with van der Waals surface area (Å²) in [4.78, 5) is 7.75. The van der Waals surface area contributed by atoms with Crippen LogP contribution in [0.15, 0.2) is 0 Å². The lowest BCUT2D eigenvalue weighted by Crippen LogP contribution is -2.54. The van der Waals surface area contributed by atoms with Gasteiger partial charge in [0.05, 0.1) is 12.7 Å². The molecule has 0 saturated carbocycles. The van der Waals surface area contributed by atoms with Crippen molar-refractivity contribution < 1.29 is 4.74 Å². The van der Waals surface area contributed by atoms with Crippen LogP contribution in [0, 0.1) is 0 Å². The fourth-order valence-electron chi connectivity index (χ4n) is 3.53. The summed E-state index contributed by atoms with van der Waals surface area (Å²) in [5, 5.41) is 0. The second-order valence-corrected chi connectivity index (χ2v) is 8.90. The Morgan fingerprint density at radius 3 is 1.86 bits per heavy atom. The maximum absolute atomic E-state index is 6.13.